The summed E-state index contributed by atoms with van der Waals surface area (Å²) in [5.74, 6) is 0.404. The number of nitro groups is 1. The molecule has 1 heterocycles. The van der Waals surface area contributed by atoms with E-state index in [1.54, 1.807) is 12.1 Å². The minimum absolute atomic E-state index is 0.0562. The van der Waals surface area contributed by atoms with E-state index in [0.717, 1.165) is 11.1 Å². The average Bonchev–Trinajstić information content (AvgIpc) is 2.37. The van der Waals surface area contributed by atoms with Gasteiger partial charge in [-0.1, -0.05) is 11.6 Å². The highest BCUT2D eigenvalue weighted by Crippen LogP contribution is 2.33. The lowest BCUT2D eigenvalue weighted by molar-refractivity contribution is -0.386. The van der Waals surface area contributed by atoms with Crippen molar-refractivity contribution in [3.8, 4) is 11.6 Å². The molecule has 0 saturated carbocycles. The van der Waals surface area contributed by atoms with Crippen LogP contribution in [0.2, 0.25) is 5.02 Å². The van der Waals surface area contributed by atoms with Crippen molar-refractivity contribution in [3.05, 3.63) is 55.1 Å². The molecule has 0 spiro atoms. The maximum Gasteiger partial charge on any atom is 0.332 e. The Morgan fingerprint density at radius 1 is 1.30 bits per heavy atom. The molecular weight excluding hydrogens is 348 g/mol. The van der Waals surface area contributed by atoms with Crippen LogP contribution in [0.25, 0.3) is 0 Å². The molecule has 0 aliphatic carbocycles. The molecule has 1 aromatic carbocycles. The molecule has 0 saturated heterocycles. The van der Waals surface area contributed by atoms with Gasteiger partial charge in [0.15, 0.2) is 0 Å². The number of aryl methyl sites for hydroxylation is 2. The smallest absolute Gasteiger partial charge is 0.332 e. The Morgan fingerprint density at radius 3 is 2.45 bits per heavy atom. The Morgan fingerprint density at radius 2 is 1.90 bits per heavy atom. The first-order valence-electron chi connectivity index (χ1n) is 5.63. The van der Waals surface area contributed by atoms with Crippen molar-refractivity contribution in [2.24, 2.45) is 0 Å². The monoisotopic (exact) mass is 356 g/mol. The number of halogens is 2. The summed E-state index contributed by atoms with van der Waals surface area (Å²) < 4.78 is 6.02. The van der Waals surface area contributed by atoms with Gasteiger partial charge < -0.3 is 4.74 Å². The van der Waals surface area contributed by atoms with Crippen LogP contribution in [0.3, 0.4) is 0 Å². The molecule has 2 aromatic rings. The van der Waals surface area contributed by atoms with Gasteiger partial charge in [-0.05, 0) is 53.0 Å². The molecule has 7 heteroatoms. The van der Waals surface area contributed by atoms with E-state index in [9.17, 15) is 10.1 Å². The molecule has 0 aliphatic rings. The molecule has 104 valence electrons. The first-order chi connectivity index (χ1) is 9.38. The van der Waals surface area contributed by atoms with E-state index >= 15 is 0 Å². The van der Waals surface area contributed by atoms with Crippen LogP contribution in [0.5, 0.6) is 11.6 Å². The molecule has 0 N–H and O–H groups in total. The number of benzene rings is 1. The van der Waals surface area contributed by atoms with Gasteiger partial charge in [-0.3, -0.25) is 10.1 Å². The van der Waals surface area contributed by atoms with Gasteiger partial charge in [0.25, 0.3) is 5.88 Å². The molecule has 2 rings (SSSR count). The molecule has 0 amide bonds. The van der Waals surface area contributed by atoms with Crippen molar-refractivity contribution < 1.29 is 9.66 Å². The van der Waals surface area contributed by atoms with E-state index in [0.29, 0.717) is 15.2 Å². The van der Waals surface area contributed by atoms with E-state index in [1.807, 2.05) is 13.8 Å². The standard InChI is InChI=1S/C13H10BrClN2O3/c1-7-3-10(4-8(2)12(7)15)20-13-11(17(18)19)5-9(14)6-16-13/h3-6H,1-2H3. The zero-order chi connectivity index (χ0) is 14.9. The van der Waals surface area contributed by atoms with Gasteiger partial charge in [-0.15, -0.1) is 0 Å². The molecule has 0 aliphatic heterocycles. The first kappa shape index (κ1) is 14.7. The molecule has 1 aromatic heterocycles. The number of pyridine rings is 1. The van der Waals surface area contributed by atoms with Crippen LogP contribution < -0.4 is 4.74 Å². The number of nitrogens with zero attached hydrogens (tertiary/aromatic N) is 2. The first-order valence-corrected chi connectivity index (χ1v) is 6.80. The van der Waals surface area contributed by atoms with E-state index in [2.05, 4.69) is 20.9 Å². The Labute approximate surface area is 128 Å². The summed E-state index contributed by atoms with van der Waals surface area (Å²) in [6.07, 6.45) is 1.44. The summed E-state index contributed by atoms with van der Waals surface area (Å²) in [6, 6.07) is 4.77. The van der Waals surface area contributed by atoms with Crippen molar-refractivity contribution in [2.45, 2.75) is 13.8 Å². The molecule has 0 bridgehead atoms. The van der Waals surface area contributed by atoms with Crippen LogP contribution in [0.4, 0.5) is 5.69 Å². The number of hydrogen-bond acceptors (Lipinski definition) is 4. The van der Waals surface area contributed by atoms with Crippen molar-refractivity contribution in [2.75, 3.05) is 0 Å². The Balaban J connectivity index is 2.42. The highest BCUT2D eigenvalue weighted by molar-refractivity contribution is 9.10. The van der Waals surface area contributed by atoms with Crippen LogP contribution in [-0.4, -0.2) is 9.91 Å². The van der Waals surface area contributed by atoms with Crippen LogP contribution >= 0.6 is 27.5 Å². The summed E-state index contributed by atoms with van der Waals surface area (Å²) >= 11 is 9.21. The van der Waals surface area contributed by atoms with E-state index in [1.165, 1.54) is 12.3 Å². The van der Waals surface area contributed by atoms with Crippen molar-refractivity contribution in [3.63, 3.8) is 0 Å². The van der Waals surface area contributed by atoms with Crippen molar-refractivity contribution >= 4 is 33.2 Å². The fourth-order valence-electron chi connectivity index (χ4n) is 1.70. The number of rotatable bonds is 3. The summed E-state index contributed by atoms with van der Waals surface area (Å²) in [5.41, 5.74) is 1.47. The predicted octanol–water partition coefficient (Wildman–Crippen LogP) is 4.81. The van der Waals surface area contributed by atoms with Crippen LogP contribution in [0.15, 0.2) is 28.9 Å². The third-order valence-corrected chi connectivity index (χ3v) is 3.65. The molecule has 0 unspecified atom stereocenters. The van der Waals surface area contributed by atoms with E-state index in [-0.39, 0.29) is 11.6 Å². The lowest BCUT2D eigenvalue weighted by Crippen LogP contribution is -1.96. The van der Waals surface area contributed by atoms with Crippen LogP contribution in [0, 0.1) is 24.0 Å². The molecule has 5 nitrogen and oxygen atoms in total. The zero-order valence-corrected chi connectivity index (χ0v) is 13.0. The SMILES string of the molecule is Cc1cc(Oc2ncc(Br)cc2[N+](=O)[O-])cc(C)c1Cl. The lowest BCUT2D eigenvalue weighted by Gasteiger charge is -2.09. The van der Waals surface area contributed by atoms with Crippen LogP contribution in [-0.2, 0) is 0 Å². The Kier molecular flexibility index (Phi) is 4.25. The quantitative estimate of drug-likeness (QED) is 0.584. The summed E-state index contributed by atoms with van der Waals surface area (Å²) in [6.45, 7) is 3.68. The highest BCUT2D eigenvalue weighted by atomic mass is 79.9. The number of ether oxygens (including phenoxy) is 1. The fraction of sp³-hybridized carbons (Fsp3) is 0.154. The van der Waals surface area contributed by atoms with Crippen molar-refractivity contribution in [1.29, 1.82) is 0 Å². The summed E-state index contributed by atoms with van der Waals surface area (Å²) in [7, 11) is 0. The molecule has 0 atom stereocenters. The highest BCUT2D eigenvalue weighted by Gasteiger charge is 2.18. The lowest BCUT2D eigenvalue weighted by atomic mass is 10.1. The fourth-order valence-corrected chi connectivity index (χ4v) is 2.13. The second-order valence-electron chi connectivity index (χ2n) is 4.21. The Hall–Kier alpha value is -1.66. The number of aromatic nitrogens is 1. The van der Waals surface area contributed by atoms with Gasteiger partial charge in [-0.2, -0.15) is 0 Å². The third-order valence-electron chi connectivity index (χ3n) is 2.62. The minimum Gasteiger partial charge on any atom is -0.434 e. The van der Waals surface area contributed by atoms with Gasteiger partial charge in [0.2, 0.25) is 0 Å². The second-order valence-corrected chi connectivity index (χ2v) is 5.50. The molecule has 0 fully saturated rings. The summed E-state index contributed by atoms with van der Waals surface area (Å²) in [5, 5.41) is 11.6. The average molecular weight is 358 g/mol. The topological polar surface area (TPSA) is 65.3 Å². The second kappa shape index (κ2) is 5.76. The van der Waals surface area contributed by atoms with Gasteiger partial charge in [0, 0.05) is 21.8 Å². The molecular formula is C13H10BrClN2O3. The van der Waals surface area contributed by atoms with E-state index in [4.69, 9.17) is 16.3 Å². The van der Waals surface area contributed by atoms with Gasteiger partial charge in [0.1, 0.15) is 5.75 Å². The third kappa shape index (κ3) is 3.08. The largest absolute Gasteiger partial charge is 0.434 e. The maximum absolute atomic E-state index is 11.0. The minimum atomic E-state index is -0.539. The molecule has 0 radical (unpaired) electrons. The summed E-state index contributed by atoms with van der Waals surface area (Å²) in [4.78, 5) is 14.4. The molecule has 20 heavy (non-hydrogen) atoms. The van der Waals surface area contributed by atoms with Crippen LogP contribution in [0.1, 0.15) is 11.1 Å². The predicted molar refractivity (Wildman–Crippen MR) is 79.6 cm³/mol. The number of hydrogen-bond donors (Lipinski definition) is 0. The van der Waals surface area contributed by atoms with E-state index < -0.39 is 4.92 Å². The van der Waals surface area contributed by atoms with Crippen molar-refractivity contribution in [1.82, 2.24) is 4.98 Å². The van der Waals surface area contributed by atoms with Gasteiger partial charge in [-0.25, -0.2) is 4.98 Å². The van der Waals surface area contributed by atoms with Gasteiger partial charge in [0.05, 0.1) is 4.92 Å². The Bertz CT molecular complexity index is 668. The maximum atomic E-state index is 11.0. The van der Waals surface area contributed by atoms with Gasteiger partial charge >= 0.3 is 5.69 Å². The normalized spacial score (nSPS) is 10.4. The zero-order valence-electron chi connectivity index (χ0n) is 10.7.